The van der Waals surface area contributed by atoms with Gasteiger partial charge in [0, 0.05) is 5.02 Å². The van der Waals surface area contributed by atoms with Crippen LogP contribution in [0.2, 0.25) is 5.02 Å². The van der Waals surface area contributed by atoms with Crippen LogP contribution in [0.15, 0.2) is 23.1 Å². The van der Waals surface area contributed by atoms with Crippen molar-refractivity contribution in [1.29, 1.82) is 5.26 Å². The molecule has 0 amide bonds. The number of rotatable bonds is 5. The first-order valence-corrected chi connectivity index (χ1v) is 7.11. The van der Waals surface area contributed by atoms with Crippen LogP contribution in [-0.4, -0.2) is 36.7 Å². The topological polar surface area (TPSA) is 127 Å². The van der Waals surface area contributed by atoms with E-state index in [1.165, 1.54) is 12.1 Å². The number of carboxylic acid groups (broad SMARTS) is 1. The number of sulfonamides is 1. The molecule has 0 radical (unpaired) electrons. The molecule has 1 unspecified atom stereocenters. The van der Waals surface area contributed by atoms with Gasteiger partial charge in [-0.05, 0) is 25.1 Å². The molecular formula is C11H11ClN2O5S. The highest BCUT2D eigenvalue weighted by Gasteiger charge is 2.32. The zero-order chi connectivity index (χ0) is 15.6. The van der Waals surface area contributed by atoms with Gasteiger partial charge in [0.15, 0.2) is 5.60 Å². The summed E-state index contributed by atoms with van der Waals surface area (Å²) in [6.45, 7) is 0.211. The van der Waals surface area contributed by atoms with E-state index in [1.54, 1.807) is 6.07 Å². The molecule has 0 bridgehead atoms. The van der Waals surface area contributed by atoms with Crippen molar-refractivity contribution < 1.29 is 23.4 Å². The number of aliphatic carboxylic acids is 1. The van der Waals surface area contributed by atoms with E-state index in [0.717, 1.165) is 13.0 Å². The lowest BCUT2D eigenvalue weighted by atomic mass is 10.1. The molecule has 0 aliphatic carbocycles. The molecule has 1 aromatic carbocycles. The number of benzene rings is 1. The zero-order valence-corrected chi connectivity index (χ0v) is 11.9. The number of halogens is 1. The van der Waals surface area contributed by atoms with Gasteiger partial charge in [0.2, 0.25) is 10.0 Å². The first-order valence-electron chi connectivity index (χ1n) is 5.25. The number of hydrogen-bond acceptors (Lipinski definition) is 5. The van der Waals surface area contributed by atoms with Gasteiger partial charge in [0.1, 0.15) is 6.07 Å². The molecule has 0 aliphatic heterocycles. The van der Waals surface area contributed by atoms with Crippen LogP contribution in [0.5, 0.6) is 0 Å². The molecule has 20 heavy (non-hydrogen) atoms. The van der Waals surface area contributed by atoms with Crippen LogP contribution in [0.1, 0.15) is 12.5 Å². The average molecular weight is 319 g/mol. The molecule has 0 saturated carbocycles. The molecule has 1 aromatic rings. The third-order valence-corrected chi connectivity index (χ3v) is 4.11. The molecular weight excluding hydrogens is 308 g/mol. The highest BCUT2D eigenvalue weighted by molar-refractivity contribution is 7.89. The molecule has 1 rings (SSSR count). The SMILES string of the molecule is CC(O)(CNS(=O)(=O)c1ccc(Cl)cc1C#N)C(=O)O. The van der Waals surface area contributed by atoms with E-state index in [4.69, 9.17) is 22.0 Å². The van der Waals surface area contributed by atoms with Crippen molar-refractivity contribution >= 4 is 27.6 Å². The third kappa shape index (κ3) is 3.68. The van der Waals surface area contributed by atoms with Gasteiger partial charge in [-0.2, -0.15) is 5.26 Å². The Morgan fingerprint density at radius 3 is 2.65 bits per heavy atom. The Kier molecular flexibility index (Phi) is 4.73. The number of aliphatic hydroxyl groups is 1. The Bertz CT molecular complexity index is 679. The second kappa shape index (κ2) is 5.76. The van der Waals surface area contributed by atoms with Gasteiger partial charge in [-0.1, -0.05) is 11.6 Å². The molecule has 7 nitrogen and oxygen atoms in total. The fourth-order valence-electron chi connectivity index (χ4n) is 1.21. The lowest BCUT2D eigenvalue weighted by Gasteiger charge is -2.18. The Morgan fingerprint density at radius 2 is 2.15 bits per heavy atom. The molecule has 3 N–H and O–H groups in total. The van der Waals surface area contributed by atoms with Crippen LogP contribution in [-0.2, 0) is 14.8 Å². The van der Waals surface area contributed by atoms with Crippen LogP contribution in [0, 0.1) is 11.3 Å². The number of nitriles is 1. The normalized spacial score (nSPS) is 14.3. The minimum Gasteiger partial charge on any atom is -0.479 e. The first kappa shape index (κ1) is 16.4. The summed E-state index contributed by atoms with van der Waals surface area (Å²) in [5, 5.41) is 27.2. The van der Waals surface area contributed by atoms with E-state index in [-0.39, 0.29) is 15.5 Å². The maximum absolute atomic E-state index is 12.0. The van der Waals surface area contributed by atoms with E-state index in [2.05, 4.69) is 0 Å². The second-order valence-corrected chi connectivity index (χ2v) is 6.33. The van der Waals surface area contributed by atoms with Crippen LogP contribution in [0.25, 0.3) is 0 Å². The van der Waals surface area contributed by atoms with Crippen LogP contribution in [0.4, 0.5) is 0 Å². The summed E-state index contributed by atoms with van der Waals surface area (Å²) in [5.74, 6) is -1.57. The van der Waals surface area contributed by atoms with Crippen LogP contribution in [0.3, 0.4) is 0 Å². The van der Waals surface area contributed by atoms with Crippen molar-refractivity contribution in [3.8, 4) is 6.07 Å². The van der Waals surface area contributed by atoms with E-state index < -0.39 is 28.1 Å². The van der Waals surface area contributed by atoms with Gasteiger partial charge in [0.05, 0.1) is 17.0 Å². The monoisotopic (exact) mass is 318 g/mol. The molecule has 1 atom stereocenters. The summed E-state index contributed by atoms with van der Waals surface area (Å²) in [4.78, 5) is 10.3. The molecule has 0 fully saturated rings. The van der Waals surface area contributed by atoms with Crippen molar-refractivity contribution in [3.05, 3.63) is 28.8 Å². The quantitative estimate of drug-likeness (QED) is 0.717. The standard InChI is InChI=1S/C11H11ClN2O5S/c1-11(17,10(15)16)6-14-20(18,19)9-3-2-8(12)4-7(9)5-13/h2-4,14,17H,6H2,1H3,(H,15,16). The fraction of sp³-hybridized carbons (Fsp3) is 0.273. The maximum atomic E-state index is 12.0. The van der Waals surface area contributed by atoms with E-state index >= 15 is 0 Å². The molecule has 108 valence electrons. The predicted octanol–water partition coefficient (Wildman–Crippen LogP) is 0.326. The van der Waals surface area contributed by atoms with Crippen molar-refractivity contribution in [1.82, 2.24) is 4.72 Å². The summed E-state index contributed by atoms with van der Waals surface area (Å²) < 4.78 is 25.9. The fourth-order valence-corrected chi connectivity index (χ4v) is 2.65. The van der Waals surface area contributed by atoms with E-state index in [9.17, 15) is 18.3 Å². The molecule has 0 aromatic heterocycles. The average Bonchev–Trinajstić information content (AvgIpc) is 2.36. The molecule has 0 spiro atoms. The molecule has 0 saturated heterocycles. The van der Waals surface area contributed by atoms with Crippen molar-refractivity contribution in [2.75, 3.05) is 6.54 Å². The van der Waals surface area contributed by atoms with E-state index in [1.807, 2.05) is 4.72 Å². The molecule has 0 heterocycles. The lowest BCUT2D eigenvalue weighted by Crippen LogP contribution is -2.46. The van der Waals surface area contributed by atoms with E-state index in [0.29, 0.717) is 0 Å². The Morgan fingerprint density at radius 1 is 1.55 bits per heavy atom. The molecule has 9 heteroatoms. The highest BCUT2D eigenvalue weighted by atomic mass is 35.5. The Hall–Kier alpha value is -1.66. The largest absolute Gasteiger partial charge is 0.479 e. The second-order valence-electron chi connectivity index (χ2n) is 4.16. The molecule has 0 aliphatic rings. The first-order chi connectivity index (χ1) is 9.10. The number of hydrogen-bond donors (Lipinski definition) is 3. The predicted molar refractivity (Wildman–Crippen MR) is 69.6 cm³/mol. The minimum atomic E-state index is -4.14. The maximum Gasteiger partial charge on any atom is 0.336 e. The number of nitrogens with zero attached hydrogens (tertiary/aromatic N) is 1. The van der Waals surface area contributed by atoms with Gasteiger partial charge in [0.25, 0.3) is 0 Å². The summed E-state index contributed by atoms with van der Waals surface area (Å²) >= 11 is 5.65. The Balaban J connectivity index is 3.08. The van der Waals surface area contributed by atoms with Gasteiger partial charge in [-0.25, -0.2) is 17.9 Å². The van der Waals surface area contributed by atoms with Crippen molar-refractivity contribution in [2.24, 2.45) is 0 Å². The number of carboxylic acids is 1. The number of carbonyl (C=O) groups is 1. The summed E-state index contributed by atoms with van der Waals surface area (Å²) in [6, 6.07) is 5.26. The van der Waals surface area contributed by atoms with Crippen molar-refractivity contribution in [3.63, 3.8) is 0 Å². The van der Waals surface area contributed by atoms with Gasteiger partial charge >= 0.3 is 5.97 Å². The highest BCUT2D eigenvalue weighted by Crippen LogP contribution is 2.20. The van der Waals surface area contributed by atoms with Crippen LogP contribution >= 0.6 is 11.6 Å². The number of nitrogens with one attached hydrogen (secondary N) is 1. The summed E-state index contributed by atoms with van der Waals surface area (Å²) in [7, 11) is -4.14. The van der Waals surface area contributed by atoms with Gasteiger partial charge < -0.3 is 10.2 Å². The van der Waals surface area contributed by atoms with Crippen LogP contribution < -0.4 is 4.72 Å². The zero-order valence-electron chi connectivity index (χ0n) is 10.3. The lowest BCUT2D eigenvalue weighted by molar-refractivity contribution is -0.155. The third-order valence-electron chi connectivity index (χ3n) is 2.42. The summed E-state index contributed by atoms with van der Waals surface area (Å²) in [5.41, 5.74) is -2.44. The summed E-state index contributed by atoms with van der Waals surface area (Å²) in [6.07, 6.45) is 0. The van der Waals surface area contributed by atoms with Gasteiger partial charge in [-0.15, -0.1) is 0 Å². The Labute approximate surface area is 120 Å². The van der Waals surface area contributed by atoms with Crippen molar-refractivity contribution in [2.45, 2.75) is 17.4 Å². The minimum absolute atomic E-state index is 0.181. The smallest absolute Gasteiger partial charge is 0.336 e. The van der Waals surface area contributed by atoms with Gasteiger partial charge in [-0.3, -0.25) is 0 Å².